The third-order valence-corrected chi connectivity index (χ3v) is 8.25. The van der Waals surface area contributed by atoms with Crippen molar-refractivity contribution < 1.29 is 53.4 Å². The van der Waals surface area contributed by atoms with Gasteiger partial charge in [0.05, 0.1) is 64.1 Å². The van der Waals surface area contributed by atoms with Crippen LogP contribution in [0, 0.1) is 0 Å². The van der Waals surface area contributed by atoms with Gasteiger partial charge >= 0.3 is 11.9 Å². The molecule has 0 saturated heterocycles. The molecule has 3 N–H and O–H groups in total. The molecule has 5 rings (SSSR count). The van der Waals surface area contributed by atoms with E-state index in [1.807, 2.05) is 13.8 Å². The van der Waals surface area contributed by atoms with Crippen molar-refractivity contribution in [2.45, 2.75) is 19.3 Å². The van der Waals surface area contributed by atoms with Crippen LogP contribution in [0.5, 0.6) is 11.5 Å². The van der Waals surface area contributed by atoms with Gasteiger partial charge in [0, 0.05) is 12.0 Å². The number of carbonyl (C=O) groups is 3. The summed E-state index contributed by atoms with van der Waals surface area (Å²) in [6, 6.07) is 7.90. The fourth-order valence-electron chi connectivity index (χ4n) is 6.02. The number of aromatic carboxylic acids is 1. The average molecular weight is 650 g/mol. The van der Waals surface area contributed by atoms with Gasteiger partial charge in [0.2, 0.25) is 0 Å². The molecule has 47 heavy (non-hydrogen) atoms. The Balaban J connectivity index is 1.69. The van der Waals surface area contributed by atoms with Crippen LogP contribution in [-0.2, 0) is 34.0 Å². The van der Waals surface area contributed by atoms with Gasteiger partial charge in [-0.25, -0.2) is 4.79 Å². The van der Waals surface area contributed by atoms with E-state index in [1.54, 1.807) is 29.2 Å². The lowest BCUT2D eigenvalue weighted by Gasteiger charge is -2.39. The van der Waals surface area contributed by atoms with E-state index in [0.29, 0.717) is 72.1 Å². The number of allylic oxidation sites excluding steroid dienone is 5. The molecule has 2 aromatic rings. The number of aromatic hydroxyl groups is 1. The number of ether oxygens (including phenoxy) is 5. The zero-order chi connectivity index (χ0) is 33.6. The van der Waals surface area contributed by atoms with Gasteiger partial charge in [0.15, 0.2) is 5.78 Å². The number of hydrogen-bond acceptors (Lipinski definition) is 10. The number of fused-ring (bicyclic) bond motifs is 3. The molecule has 3 aliphatic rings. The normalized spacial score (nSPS) is 19.3. The Morgan fingerprint density at radius 1 is 0.830 bits per heavy atom. The SMILES string of the molecule is CC1(C)C2=CC(=O)C=CC2=C(c2cc3c(cc2C(=O)O)OCCOCCOCCOCCOCCN3CC(=O)O)c2ccc(O)cc21. The predicted molar refractivity (Wildman–Crippen MR) is 171 cm³/mol. The third kappa shape index (κ3) is 7.74. The number of carboxylic acids is 2. The van der Waals surface area contributed by atoms with E-state index in [2.05, 4.69) is 0 Å². The highest BCUT2D eigenvalue weighted by atomic mass is 16.6. The van der Waals surface area contributed by atoms with Crippen molar-refractivity contribution in [3.63, 3.8) is 0 Å². The number of carboxylic acid groups (broad SMARTS) is 2. The number of carbonyl (C=O) groups excluding carboxylic acids is 1. The van der Waals surface area contributed by atoms with Crippen LogP contribution in [0.25, 0.3) is 5.57 Å². The van der Waals surface area contributed by atoms with Crippen LogP contribution in [0.3, 0.4) is 0 Å². The van der Waals surface area contributed by atoms with Crippen LogP contribution in [0.15, 0.2) is 59.7 Å². The van der Waals surface area contributed by atoms with Gasteiger partial charge < -0.3 is 43.9 Å². The number of phenols is 1. The van der Waals surface area contributed by atoms with Crippen molar-refractivity contribution in [3.05, 3.63) is 82.0 Å². The van der Waals surface area contributed by atoms with E-state index >= 15 is 0 Å². The van der Waals surface area contributed by atoms with Crippen molar-refractivity contribution in [2.24, 2.45) is 0 Å². The Hall–Kier alpha value is -4.49. The first-order valence-electron chi connectivity index (χ1n) is 15.4. The second-order valence-corrected chi connectivity index (χ2v) is 11.7. The molecule has 0 radical (unpaired) electrons. The molecular weight excluding hydrogens is 610 g/mol. The first-order chi connectivity index (χ1) is 22.6. The van der Waals surface area contributed by atoms with E-state index < -0.39 is 23.9 Å². The number of phenolic OH excluding ortho intramolecular Hbond substituents is 1. The molecule has 0 bridgehead atoms. The Morgan fingerprint density at radius 2 is 1.47 bits per heavy atom. The topological polar surface area (TPSA) is 161 Å². The van der Waals surface area contributed by atoms with Gasteiger partial charge in [-0.3, -0.25) is 9.59 Å². The Bertz CT molecular complexity index is 1620. The zero-order valence-electron chi connectivity index (χ0n) is 26.5. The summed E-state index contributed by atoms with van der Waals surface area (Å²) in [6.07, 6.45) is 4.64. The first kappa shape index (κ1) is 33.9. The molecule has 1 heterocycles. The highest BCUT2D eigenvalue weighted by Crippen LogP contribution is 2.51. The smallest absolute Gasteiger partial charge is 0.336 e. The summed E-state index contributed by atoms with van der Waals surface area (Å²) in [7, 11) is 0. The fraction of sp³-hybridized carbons (Fsp3) is 0.400. The maximum Gasteiger partial charge on any atom is 0.336 e. The summed E-state index contributed by atoms with van der Waals surface area (Å²) >= 11 is 0. The molecule has 0 saturated carbocycles. The number of aliphatic carboxylic acids is 1. The summed E-state index contributed by atoms with van der Waals surface area (Å²) in [6.45, 7) is 6.12. The maximum absolute atomic E-state index is 12.9. The molecule has 2 aromatic carbocycles. The standard InChI is InChI=1S/C35H39NO11/c1-35(2)28-17-22(37)3-5-24(28)33(25-6-4-23(38)18-29(25)35)26-19-30-31(20-27(26)34(41)42)47-16-15-46-14-13-45-12-11-44-10-9-43-8-7-36(30)21-32(39)40/h3-6,17-20,37H,7-16,21H2,1-2H3,(H,39,40)(H,41,42). The quantitative estimate of drug-likeness (QED) is 0.442. The second kappa shape index (κ2) is 14.9. The largest absolute Gasteiger partial charge is 0.508 e. The van der Waals surface area contributed by atoms with E-state index in [-0.39, 0.29) is 55.8 Å². The monoisotopic (exact) mass is 649 g/mol. The number of ketones is 1. The molecule has 12 heteroatoms. The number of anilines is 1. The van der Waals surface area contributed by atoms with Crippen molar-refractivity contribution in [3.8, 4) is 11.5 Å². The van der Waals surface area contributed by atoms with Crippen LogP contribution < -0.4 is 9.64 Å². The summed E-state index contributed by atoms with van der Waals surface area (Å²) < 4.78 is 28.4. The lowest BCUT2D eigenvalue weighted by Crippen LogP contribution is -2.34. The summed E-state index contributed by atoms with van der Waals surface area (Å²) in [4.78, 5) is 39.2. The molecule has 0 atom stereocenters. The Labute approximate surface area is 272 Å². The number of benzene rings is 2. The van der Waals surface area contributed by atoms with Crippen molar-refractivity contribution >= 4 is 29.0 Å². The number of nitrogens with zero attached hydrogens (tertiary/aromatic N) is 1. The summed E-state index contributed by atoms with van der Waals surface area (Å²) in [5.41, 5.74) is 3.07. The van der Waals surface area contributed by atoms with Crippen molar-refractivity contribution in [1.82, 2.24) is 0 Å². The zero-order valence-corrected chi connectivity index (χ0v) is 26.5. The fourth-order valence-corrected chi connectivity index (χ4v) is 6.02. The van der Waals surface area contributed by atoms with E-state index in [1.165, 1.54) is 24.3 Å². The maximum atomic E-state index is 12.9. The molecular formula is C35H39NO11. The minimum atomic E-state index is -1.23. The van der Waals surface area contributed by atoms with Gasteiger partial charge in [-0.1, -0.05) is 26.0 Å². The van der Waals surface area contributed by atoms with Crippen LogP contribution in [0.1, 0.15) is 40.9 Å². The van der Waals surface area contributed by atoms with Crippen molar-refractivity contribution in [1.29, 1.82) is 0 Å². The minimum Gasteiger partial charge on any atom is -0.508 e. The van der Waals surface area contributed by atoms with Gasteiger partial charge in [0.25, 0.3) is 0 Å². The first-order valence-corrected chi connectivity index (χ1v) is 15.4. The van der Waals surface area contributed by atoms with Crippen LogP contribution >= 0.6 is 0 Å². The van der Waals surface area contributed by atoms with Gasteiger partial charge in [-0.2, -0.15) is 0 Å². The molecule has 0 aromatic heterocycles. The highest BCUT2D eigenvalue weighted by Gasteiger charge is 2.39. The Morgan fingerprint density at radius 3 is 2.11 bits per heavy atom. The molecule has 1 aliphatic heterocycles. The third-order valence-electron chi connectivity index (χ3n) is 8.25. The lowest BCUT2D eigenvalue weighted by molar-refractivity contribution is -0.135. The van der Waals surface area contributed by atoms with E-state index in [0.717, 1.165) is 0 Å². The summed E-state index contributed by atoms with van der Waals surface area (Å²) in [5, 5.41) is 30.9. The molecule has 250 valence electrons. The molecule has 2 aliphatic carbocycles. The minimum absolute atomic E-state index is 0.0265. The molecule has 0 unspecified atom stereocenters. The van der Waals surface area contributed by atoms with Crippen LogP contribution in [0.4, 0.5) is 5.69 Å². The molecule has 12 nitrogen and oxygen atoms in total. The van der Waals surface area contributed by atoms with Gasteiger partial charge in [-0.05, 0) is 69.8 Å². The van der Waals surface area contributed by atoms with Crippen LogP contribution in [-0.4, -0.2) is 106 Å². The molecule has 0 fully saturated rings. The molecule has 0 amide bonds. The van der Waals surface area contributed by atoms with Crippen molar-refractivity contribution in [2.75, 3.05) is 77.5 Å². The summed E-state index contributed by atoms with van der Waals surface area (Å²) in [5.74, 6) is -2.35. The number of rotatable bonds is 4. The number of hydrogen-bond donors (Lipinski definition) is 3. The average Bonchev–Trinajstić information content (AvgIpc) is 3.02. The van der Waals surface area contributed by atoms with E-state index in [9.17, 15) is 29.7 Å². The lowest BCUT2D eigenvalue weighted by atomic mass is 9.64. The predicted octanol–water partition coefficient (Wildman–Crippen LogP) is 3.60. The highest BCUT2D eigenvalue weighted by molar-refractivity contribution is 6.08. The Kier molecular flexibility index (Phi) is 10.8. The van der Waals surface area contributed by atoms with Gasteiger partial charge in [-0.15, -0.1) is 0 Å². The van der Waals surface area contributed by atoms with E-state index in [4.69, 9.17) is 23.7 Å². The van der Waals surface area contributed by atoms with Gasteiger partial charge in [0.1, 0.15) is 24.7 Å². The second-order valence-electron chi connectivity index (χ2n) is 11.7. The molecule has 0 spiro atoms. The van der Waals surface area contributed by atoms with Crippen LogP contribution in [0.2, 0.25) is 0 Å².